The second-order valence-corrected chi connectivity index (χ2v) is 5.65. The van der Waals surface area contributed by atoms with Crippen molar-refractivity contribution in [2.75, 3.05) is 11.9 Å². The maximum absolute atomic E-state index is 12.4. The van der Waals surface area contributed by atoms with Gasteiger partial charge in [-0.15, -0.1) is 0 Å². The predicted molar refractivity (Wildman–Crippen MR) is 91.7 cm³/mol. The van der Waals surface area contributed by atoms with E-state index in [1.807, 2.05) is 0 Å². The number of aromatic nitrogens is 1. The van der Waals surface area contributed by atoms with Crippen molar-refractivity contribution in [1.29, 1.82) is 0 Å². The molecule has 0 saturated carbocycles. The Morgan fingerprint density at radius 3 is 2.78 bits per heavy atom. The molecule has 0 bridgehead atoms. The van der Waals surface area contributed by atoms with Crippen LogP contribution in [-0.2, 0) is 4.79 Å². The first kappa shape index (κ1) is 17.4. The van der Waals surface area contributed by atoms with Gasteiger partial charge in [0.1, 0.15) is 6.04 Å². The zero-order chi connectivity index (χ0) is 17.0. The van der Waals surface area contributed by atoms with Crippen molar-refractivity contribution < 1.29 is 9.53 Å². The number of pyridine rings is 1. The third-order valence-corrected chi connectivity index (χ3v) is 3.79. The third kappa shape index (κ3) is 4.06. The summed E-state index contributed by atoms with van der Waals surface area (Å²) in [5.41, 5.74) is 0.0271. The summed E-state index contributed by atoms with van der Waals surface area (Å²) in [5, 5.41) is 3.49. The summed E-state index contributed by atoms with van der Waals surface area (Å²) in [6.07, 6.45) is 1.54. The molecule has 0 spiro atoms. The van der Waals surface area contributed by atoms with Crippen LogP contribution in [0.25, 0.3) is 0 Å². The van der Waals surface area contributed by atoms with Gasteiger partial charge in [0.2, 0.25) is 5.91 Å². The fourth-order valence-corrected chi connectivity index (χ4v) is 2.35. The molecular formula is C16H16Cl2N2O3. The highest BCUT2D eigenvalue weighted by Gasteiger charge is 2.18. The second kappa shape index (κ2) is 7.53. The van der Waals surface area contributed by atoms with Crippen LogP contribution in [0, 0.1) is 0 Å². The summed E-state index contributed by atoms with van der Waals surface area (Å²) < 4.78 is 6.56. The Morgan fingerprint density at radius 1 is 1.35 bits per heavy atom. The van der Waals surface area contributed by atoms with Crippen LogP contribution in [-0.4, -0.2) is 17.1 Å². The number of hydrogen-bond donors (Lipinski definition) is 1. The lowest BCUT2D eigenvalue weighted by molar-refractivity contribution is -0.118. The molecule has 0 fully saturated rings. The van der Waals surface area contributed by atoms with Gasteiger partial charge in [0.15, 0.2) is 5.75 Å². The first-order valence-corrected chi connectivity index (χ1v) is 7.79. The molecule has 1 aromatic carbocycles. The van der Waals surface area contributed by atoms with Crippen LogP contribution in [0.4, 0.5) is 5.69 Å². The van der Waals surface area contributed by atoms with Gasteiger partial charge in [0.05, 0.1) is 17.3 Å². The van der Waals surface area contributed by atoms with Gasteiger partial charge in [-0.2, -0.15) is 0 Å². The summed E-state index contributed by atoms with van der Waals surface area (Å²) in [6, 6.07) is 7.25. The van der Waals surface area contributed by atoms with Crippen molar-refractivity contribution in [1.82, 2.24) is 4.57 Å². The molecule has 2 rings (SSSR count). The van der Waals surface area contributed by atoms with E-state index >= 15 is 0 Å². The van der Waals surface area contributed by atoms with Crippen molar-refractivity contribution in [2.45, 2.75) is 19.9 Å². The van der Waals surface area contributed by atoms with Crippen LogP contribution in [0.1, 0.15) is 19.9 Å². The van der Waals surface area contributed by atoms with Gasteiger partial charge >= 0.3 is 0 Å². The Morgan fingerprint density at radius 2 is 2.09 bits per heavy atom. The van der Waals surface area contributed by atoms with Crippen molar-refractivity contribution in [3.05, 3.63) is 56.9 Å². The molecule has 2 aromatic rings. The molecule has 1 N–H and O–H groups in total. The zero-order valence-corrected chi connectivity index (χ0v) is 14.2. The number of rotatable bonds is 5. The number of anilines is 1. The molecule has 7 heteroatoms. The molecule has 0 aliphatic carbocycles. The maximum Gasteiger partial charge on any atom is 0.293 e. The Balaban J connectivity index is 2.25. The van der Waals surface area contributed by atoms with Crippen molar-refractivity contribution in [2.24, 2.45) is 0 Å². The molecule has 1 unspecified atom stereocenters. The molecular weight excluding hydrogens is 339 g/mol. The maximum atomic E-state index is 12.4. The lowest BCUT2D eigenvalue weighted by Crippen LogP contribution is -2.31. The molecule has 1 aromatic heterocycles. The number of nitrogens with zero attached hydrogens (tertiary/aromatic N) is 1. The molecule has 5 nitrogen and oxygen atoms in total. The van der Waals surface area contributed by atoms with Crippen LogP contribution in [0.2, 0.25) is 10.0 Å². The smallest absolute Gasteiger partial charge is 0.293 e. The van der Waals surface area contributed by atoms with E-state index in [0.29, 0.717) is 22.3 Å². The quantitative estimate of drug-likeness (QED) is 0.889. The Bertz CT molecular complexity index is 774. The molecule has 0 radical (unpaired) electrons. The fourth-order valence-electron chi connectivity index (χ4n) is 2.02. The topological polar surface area (TPSA) is 60.3 Å². The Labute approximate surface area is 143 Å². The molecule has 1 amide bonds. The first-order valence-electron chi connectivity index (χ1n) is 7.04. The number of carbonyl (C=O) groups is 1. The van der Waals surface area contributed by atoms with Crippen LogP contribution in [0.5, 0.6) is 5.75 Å². The van der Waals surface area contributed by atoms with Crippen LogP contribution in [0.3, 0.4) is 0 Å². The van der Waals surface area contributed by atoms with E-state index in [2.05, 4.69) is 5.32 Å². The minimum absolute atomic E-state index is 0.204. The van der Waals surface area contributed by atoms with Gasteiger partial charge < -0.3 is 14.6 Å². The van der Waals surface area contributed by atoms with Gasteiger partial charge in [0, 0.05) is 11.2 Å². The molecule has 0 aliphatic heterocycles. The summed E-state index contributed by atoms with van der Waals surface area (Å²) >= 11 is 11.9. The van der Waals surface area contributed by atoms with E-state index in [1.54, 1.807) is 44.2 Å². The minimum Gasteiger partial charge on any atom is -0.488 e. The number of nitrogens with one attached hydrogen (secondary N) is 1. The average Bonchev–Trinajstić information content (AvgIpc) is 2.52. The molecule has 122 valence electrons. The molecule has 0 aliphatic rings. The lowest BCUT2D eigenvalue weighted by Gasteiger charge is -2.16. The summed E-state index contributed by atoms with van der Waals surface area (Å²) in [4.78, 5) is 24.7. The number of benzene rings is 1. The van der Waals surface area contributed by atoms with E-state index in [9.17, 15) is 9.59 Å². The number of amides is 1. The van der Waals surface area contributed by atoms with Crippen LogP contribution < -0.4 is 15.6 Å². The highest BCUT2D eigenvalue weighted by atomic mass is 35.5. The van der Waals surface area contributed by atoms with E-state index in [-0.39, 0.29) is 17.2 Å². The molecule has 0 saturated heterocycles. The van der Waals surface area contributed by atoms with Crippen molar-refractivity contribution in [3.63, 3.8) is 0 Å². The summed E-state index contributed by atoms with van der Waals surface area (Å²) in [5.74, 6) is -0.180. The van der Waals surface area contributed by atoms with Gasteiger partial charge in [-0.25, -0.2) is 0 Å². The van der Waals surface area contributed by atoms with E-state index in [1.165, 1.54) is 10.8 Å². The normalized spacial score (nSPS) is 11.8. The van der Waals surface area contributed by atoms with Gasteiger partial charge in [0.25, 0.3) is 5.56 Å². The summed E-state index contributed by atoms with van der Waals surface area (Å²) in [7, 11) is 0. The van der Waals surface area contributed by atoms with E-state index < -0.39 is 6.04 Å². The van der Waals surface area contributed by atoms with Gasteiger partial charge in [-0.05, 0) is 44.2 Å². The van der Waals surface area contributed by atoms with E-state index in [4.69, 9.17) is 27.9 Å². The van der Waals surface area contributed by atoms with Crippen molar-refractivity contribution in [3.8, 4) is 5.75 Å². The number of hydrogen-bond acceptors (Lipinski definition) is 3. The zero-order valence-electron chi connectivity index (χ0n) is 12.7. The monoisotopic (exact) mass is 354 g/mol. The van der Waals surface area contributed by atoms with Crippen LogP contribution >= 0.6 is 23.2 Å². The van der Waals surface area contributed by atoms with Crippen LogP contribution in [0.15, 0.2) is 41.3 Å². The number of ether oxygens (including phenoxy) is 1. The SMILES string of the molecule is CCOc1cccn(C(C)C(=O)Nc2cc(Cl)ccc2Cl)c1=O. The largest absolute Gasteiger partial charge is 0.488 e. The lowest BCUT2D eigenvalue weighted by atomic mass is 10.2. The fraction of sp³-hybridized carbons (Fsp3) is 0.250. The minimum atomic E-state index is -0.738. The molecule has 23 heavy (non-hydrogen) atoms. The first-order chi connectivity index (χ1) is 10.9. The van der Waals surface area contributed by atoms with Gasteiger partial charge in [-0.1, -0.05) is 23.2 Å². The highest BCUT2D eigenvalue weighted by molar-refractivity contribution is 6.35. The number of carbonyl (C=O) groups excluding carboxylic acids is 1. The summed E-state index contributed by atoms with van der Waals surface area (Å²) in [6.45, 7) is 3.77. The predicted octanol–water partition coefficient (Wildman–Crippen LogP) is 3.75. The Hall–Kier alpha value is -1.98. The average molecular weight is 355 g/mol. The van der Waals surface area contributed by atoms with Gasteiger partial charge in [-0.3, -0.25) is 9.59 Å². The highest BCUT2D eigenvalue weighted by Crippen LogP contribution is 2.26. The molecule has 1 heterocycles. The standard InChI is InChI=1S/C16H16Cl2N2O3/c1-3-23-14-5-4-8-20(16(14)22)10(2)15(21)19-13-9-11(17)6-7-12(13)18/h4-10H,3H2,1-2H3,(H,19,21). The number of halogens is 2. The van der Waals surface area contributed by atoms with E-state index in [0.717, 1.165) is 0 Å². The Kier molecular flexibility index (Phi) is 5.69. The third-order valence-electron chi connectivity index (χ3n) is 3.22. The van der Waals surface area contributed by atoms with Crippen molar-refractivity contribution >= 4 is 34.8 Å². The molecule has 1 atom stereocenters. The second-order valence-electron chi connectivity index (χ2n) is 4.81.